The van der Waals surface area contributed by atoms with Crippen LogP contribution in [0.15, 0.2) is 46.6 Å². The fourth-order valence-electron chi connectivity index (χ4n) is 3.73. The summed E-state index contributed by atoms with van der Waals surface area (Å²) in [6.07, 6.45) is 1.21. The van der Waals surface area contributed by atoms with E-state index in [1.807, 2.05) is 29.6 Å². The molecule has 11 heteroatoms. The Kier molecular flexibility index (Phi) is 6.36. The molecule has 0 spiro atoms. The zero-order chi connectivity index (χ0) is 22.2. The third-order valence-electron chi connectivity index (χ3n) is 5.44. The molecule has 1 saturated heterocycles. The molecule has 0 atom stereocenters. The van der Waals surface area contributed by atoms with Crippen molar-refractivity contribution in [1.82, 2.24) is 23.0 Å². The van der Waals surface area contributed by atoms with E-state index in [0.717, 1.165) is 10.6 Å². The molecule has 1 aliphatic rings. The van der Waals surface area contributed by atoms with E-state index in [1.165, 1.54) is 38.7 Å². The monoisotopic (exact) mass is 481 g/mol. The molecule has 1 aliphatic heterocycles. The van der Waals surface area contributed by atoms with Gasteiger partial charge < -0.3 is 0 Å². The fourth-order valence-corrected chi connectivity index (χ4v) is 5.73. The van der Waals surface area contributed by atoms with Gasteiger partial charge in [-0.2, -0.15) is 22.1 Å². The molecule has 1 fully saturated rings. The van der Waals surface area contributed by atoms with Gasteiger partial charge in [-0.25, -0.2) is 14.0 Å². The molecule has 0 unspecified atom stereocenters. The highest BCUT2D eigenvalue weighted by atomic mass is 35.5. The lowest BCUT2D eigenvalue weighted by molar-refractivity contribution is 0.295. The molecule has 31 heavy (non-hydrogen) atoms. The van der Waals surface area contributed by atoms with Crippen molar-refractivity contribution in [2.24, 2.45) is 0 Å². The van der Waals surface area contributed by atoms with Crippen molar-refractivity contribution in [1.29, 1.82) is 0 Å². The van der Waals surface area contributed by atoms with Gasteiger partial charge in [-0.3, -0.25) is 0 Å². The Balaban J connectivity index is 1.64. The van der Waals surface area contributed by atoms with Crippen molar-refractivity contribution in [2.45, 2.75) is 25.3 Å². The van der Waals surface area contributed by atoms with Crippen LogP contribution in [0.2, 0.25) is 5.02 Å². The molecule has 2 aromatic heterocycles. The lowest BCUT2D eigenvalue weighted by Gasteiger charge is -2.32. The van der Waals surface area contributed by atoms with Gasteiger partial charge in [0.15, 0.2) is 0 Å². The van der Waals surface area contributed by atoms with E-state index in [2.05, 4.69) is 0 Å². The normalized spacial score (nSPS) is 16.3. The Morgan fingerprint density at radius 1 is 1.16 bits per heavy atom. The third-order valence-corrected chi connectivity index (χ3v) is 8.49. The molecular formula is C20H24ClN5O3S2. The van der Waals surface area contributed by atoms with Crippen LogP contribution in [-0.4, -0.2) is 58.6 Å². The van der Waals surface area contributed by atoms with Crippen LogP contribution in [0.3, 0.4) is 0 Å². The van der Waals surface area contributed by atoms with E-state index in [-0.39, 0.29) is 11.6 Å². The highest BCUT2D eigenvalue weighted by molar-refractivity contribution is 7.86. The maximum absolute atomic E-state index is 13.2. The van der Waals surface area contributed by atoms with Crippen molar-refractivity contribution < 1.29 is 8.42 Å². The van der Waals surface area contributed by atoms with Gasteiger partial charge in [-0.1, -0.05) is 23.7 Å². The van der Waals surface area contributed by atoms with Crippen molar-refractivity contribution in [2.75, 3.05) is 27.2 Å². The second kappa shape index (κ2) is 8.87. The number of hydrogen-bond acceptors (Lipinski definition) is 5. The molecule has 3 aromatic rings. The zero-order valence-corrected chi connectivity index (χ0v) is 19.7. The molecule has 4 rings (SSSR count). The maximum atomic E-state index is 13.2. The first-order valence-electron chi connectivity index (χ1n) is 9.93. The summed E-state index contributed by atoms with van der Waals surface area (Å²) in [6, 6.07) is 11.1. The molecule has 0 saturated carbocycles. The van der Waals surface area contributed by atoms with E-state index >= 15 is 0 Å². The first kappa shape index (κ1) is 22.2. The van der Waals surface area contributed by atoms with Gasteiger partial charge in [0.25, 0.3) is 10.2 Å². The van der Waals surface area contributed by atoms with Gasteiger partial charge in [0.2, 0.25) is 0 Å². The molecular weight excluding hydrogens is 458 g/mol. The highest BCUT2D eigenvalue weighted by Crippen LogP contribution is 2.30. The van der Waals surface area contributed by atoms with Crippen LogP contribution in [0.25, 0.3) is 5.00 Å². The standard InChI is InChI=1S/C20H24ClN5O3S2/c1-23(2)31(28,29)24-11-9-16(10-12-24)19-22-25(14-15-5-7-17(21)8-6-15)20(27)26(19)18-4-3-13-30-18/h3-8,13,16H,9-12,14H2,1-2H3. The minimum absolute atomic E-state index is 0.00474. The second-order valence-corrected chi connectivity index (χ2v) is 11.2. The van der Waals surface area contributed by atoms with Gasteiger partial charge in [-0.15, -0.1) is 11.3 Å². The Morgan fingerprint density at radius 3 is 2.42 bits per heavy atom. The lowest BCUT2D eigenvalue weighted by Crippen LogP contribution is -2.44. The van der Waals surface area contributed by atoms with Crippen LogP contribution < -0.4 is 5.69 Å². The topological polar surface area (TPSA) is 80.4 Å². The third kappa shape index (κ3) is 4.49. The van der Waals surface area contributed by atoms with E-state index < -0.39 is 10.2 Å². The van der Waals surface area contributed by atoms with Gasteiger partial charge in [0.05, 0.1) is 6.54 Å². The quantitative estimate of drug-likeness (QED) is 0.542. The van der Waals surface area contributed by atoms with Crippen LogP contribution in [0.5, 0.6) is 0 Å². The lowest BCUT2D eigenvalue weighted by atomic mass is 9.97. The molecule has 0 aliphatic carbocycles. The van der Waals surface area contributed by atoms with Crippen LogP contribution >= 0.6 is 22.9 Å². The Hall–Kier alpha value is -1.98. The predicted octanol–water partition coefficient (Wildman–Crippen LogP) is 2.78. The summed E-state index contributed by atoms with van der Waals surface area (Å²) >= 11 is 7.45. The molecule has 3 heterocycles. The molecule has 0 N–H and O–H groups in total. The smallest absolute Gasteiger partial charge is 0.246 e. The van der Waals surface area contributed by atoms with Crippen LogP contribution in [0, 0.1) is 0 Å². The summed E-state index contributed by atoms with van der Waals surface area (Å²) < 4.78 is 30.7. The summed E-state index contributed by atoms with van der Waals surface area (Å²) in [5, 5.41) is 8.07. The molecule has 166 valence electrons. The number of halogens is 1. The molecule has 0 bridgehead atoms. The number of thiophene rings is 1. The van der Waals surface area contributed by atoms with E-state index in [4.69, 9.17) is 16.7 Å². The highest BCUT2D eigenvalue weighted by Gasteiger charge is 2.33. The summed E-state index contributed by atoms with van der Waals surface area (Å²) in [7, 11) is -0.370. The fraction of sp³-hybridized carbons (Fsp3) is 0.400. The Bertz CT molecular complexity index is 1190. The molecule has 8 nitrogen and oxygen atoms in total. The van der Waals surface area contributed by atoms with Crippen molar-refractivity contribution >= 4 is 33.1 Å². The molecule has 0 radical (unpaired) electrons. The summed E-state index contributed by atoms with van der Waals surface area (Å²) in [5.74, 6) is 0.679. The minimum Gasteiger partial charge on any atom is -0.246 e. The van der Waals surface area contributed by atoms with Crippen molar-refractivity contribution in [3.63, 3.8) is 0 Å². The second-order valence-electron chi connectivity index (χ2n) is 7.68. The minimum atomic E-state index is -3.44. The van der Waals surface area contributed by atoms with E-state index in [1.54, 1.807) is 16.7 Å². The SMILES string of the molecule is CN(C)S(=O)(=O)N1CCC(c2nn(Cc3ccc(Cl)cc3)c(=O)n2-c2cccs2)CC1. The van der Waals surface area contributed by atoms with E-state index in [9.17, 15) is 13.2 Å². The Labute approximate surface area is 190 Å². The first-order chi connectivity index (χ1) is 14.8. The number of rotatable bonds is 6. The largest absolute Gasteiger partial charge is 0.351 e. The first-order valence-corrected chi connectivity index (χ1v) is 12.6. The average molecular weight is 482 g/mol. The van der Waals surface area contributed by atoms with Gasteiger partial charge in [-0.05, 0) is 48.1 Å². The van der Waals surface area contributed by atoms with Crippen LogP contribution in [-0.2, 0) is 16.8 Å². The average Bonchev–Trinajstić information content (AvgIpc) is 3.38. The predicted molar refractivity (Wildman–Crippen MR) is 122 cm³/mol. The van der Waals surface area contributed by atoms with E-state index in [0.29, 0.717) is 43.3 Å². The van der Waals surface area contributed by atoms with Crippen LogP contribution in [0.1, 0.15) is 30.1 Å². The number of aromatic nitrogens is 3. The van der Waals surface area contributed by atoms with Crippen molar-refractivity contribution in [3.05, 3.63) is 68.7 Å². The molecule has 1 aromatic carbocycles. The number of piperidine rings is 1. The summed E-state index contributed by atoms with van der Waals surface area (Å²) in [5.41, 5.74) is 0.733. The molecule has 0 amide bonds. The number of nitrogens with zero attached hydrogens (tertiary/aromatic N) is 5. The van der Waals surface area contributed by atoms with Gasteiger partial charge >= 0.3 is 5.69 Å². The zero-order valence-electron chi connectivity index (χ0n) is 17.3. The van der Waals surface area contributed by atoms with Crippen LogP contribution in [0.4, 0.5) is 0 Å². The van der Waals surface area contributed by atoms with Gasteiger partial charge in [0.1, 0.15) is 10.8 Å². The van der Waals surface area contributed by atoms with Crippen molar-refractivity contribution in [3.8, 4) is 5.00 Å². The number of benzene rings is 1. The summed E-state index contributed by atoms with van der Waals surface area (Å²) in [6.45, 7) is 1.14. The maximum Gasteiger partial charge on any atom is 0.351 e. The summed E-state index contributed by atoms with van der Waals surface area (Å²) in [4.78, 5) is 13.2. The number of hydrogen-bond donors (Lipinski definition) is 0. The Morgan fingerprint density at radius 2 is 1.84 bits per heavy atom. The van der Waals surface area contributed by atoms with Gasteiger partial charge in [0, 0.05) is 38.1 Å².